The van der Waals surface area contributed by atoms with Gasteiger partial charge in [-0.3, -0.25) is 20.4 Å². The molecule has 5 aliphatic rings. The van der Waals surface area contributed by atoms with Gasteiger partial charge in [0.1, 0.15) is 0 Å². The molecule has 4 heteroatoms. The van der Waals surface area contributed by atoms with Crippen molar-refractivity contribution < 1.29 is 9.59 Å². The van der Waals surface area contributed by atoms with Crippen molar-refractivity contribution in [2.24, 2.45) is 40.4 Å². The second kappa shape index (κ2) is 5.59. The molecule has 0 aromatic rings. The number of nitrogens with one attached hydrogen (secondary N) is 2. The third-order valence-corrected chi connectivity index (χ3v) is 7.53. The SMILES string of the molecule is CC(C)=C[C@H]1[C@H](C(=O)NNC(=O)C23CC4CC(CC(C4)C2)C3)C1(C)C. The lowest BCUT2D eigenvalue weighted by molar-refractivity contribution is -0.149. The van der Waals surface area contributed by atoms with E-state index in [2.05, 4.69) is 44.6 Å². The number of carbonyl (C=O) groups excluding carboxylic acids is 2. The summed E-state index contributed by atoms with van der Waals surface area (Å²) < 4.78 is 0. The molecule has 4 nitrogen and oxygen atoms in total. The molecule has 0 heterocycles. The van der Waals surface area contributed by atoms with Crippen LogP contribution < -0.4 is 10.9 Å². The van der Waals surface area contributed by atoms with E-state index in [4.69, 9.17) is 0 Å². The zero-order chi connectivity index (χ0) is 18.0. The van der Waals surface area contributed by atoms with Gasteiger partial charge in [-0.25, -0.2) is 0 Å². The highest BCUT2D eigenvalue weighted by atomic mass is 16.2. The topological polar surface area (TPSA) is 58.2 Å². The fraction of sp³-hybridized carbons (Fsp3) is 0.810. The van der Waals surface area contributed by atoms with Gasteiger partial charge < -0.3 is 0 Å². The Morgan fingerprint density at radius 1 is 0.920 bits per heavy atom. The van der Waals surface area contributed by atoms with Crippen molar-refractivity contribution >= 4 is 11.8 Å². The maximum atomic E-state index is 12.9. The molecule has 5 saturated carbocycles. The van der Waals surface area contributed by atoms with E-state index in [-0.39, 0.29) is 34.5 Å². The normalized spacial score (nSPS) is 42.6. The summed E-state index contributed by atoms with van der Waals surface area (Å²) in [5, 5.41) is 0. The second-order valence-electron chi connectivity index (χ2n) is 10.2. The fourth-order valence-electron chi connectivity index (χ4n) is 6.57. The summed E-state index contributed by atoms with van der Waals surface area (Å²) >= 11 is 0. The summed E-state index contributed by atoms with van der Waals surface area (Å²) in [5.41, 5.74) is 6.59. The Hall–Kier alpha value is -1.32. The molecule has 4 bridgehead atoms. The first-order valence-electron chi connectivity index (χ1n) is 9.96. The Morgan fingerprint density at radius 3 is 1.92 bits per heavy atom. The Morgan fingerprint density at radius 2 is 1.44 bits per heavy atom. The second-order valence-corrected chi connectivity index (χ2v) is 10.2. The first-order valence-corrected chi connectivity index (χ1v) is 9.96. The zero-order valence-electron chi connectivity index (χ0n) is 16.0. The molecule has 2 N–H and O–H groups in total. The van der Waals surface area contributed by atoms with Gasteiger partial charge >= 0.3 is 0 Å². The van der Waals surface area contributed by atoms with Crippen LogP contribution in [0.25, 0.3) is 0 Å². The predicted molar refractivity (Wildman–Crippen MR) is 97.1 cm³/mol. The van der Waals surface area contributed by atoms with Crippen LogP contribution in [0.2, 0.25) is 0 Å². The molecule has 0 aliphatic heterocycles. The van der Waals surface area contributed by atoms with E-state index in [0.717, 1.165) is 37.0 Å². The lowest BCUT2D eigenvalue weighted by Crippen LogP contribution is -2.57. The highest BCUT2D eigenvalue weighted by molar-refractivity contribution is 5.88. The summed E-state index contributed by atoms with van der Waals surface area (Å²) in [7, 11) is 0. The van der Waals surface area contributed by atoms with Crippen molar-refractivity contribution in [3.8, 4) is 0 Å². The summed E-state index contributed by atoms with van der Waals surface area (Å²) in [6.07, 6.45) is 9.21. The molecule has 0 unspecified atom stereocenters. The van der Waals surface area contributed by atoms with Crippen LogP contribution in [0, 0.1) is 40.4 Å². The van der Waals surface area contributed by atoms with Crippen molar-refractivity contribution in [3.63, 3.8) is 0 Å². The zero-order valence-corrected chi connectivity index (χ0v) is 16.0. The summed E-state index contributed by atoms with van der Waals surface area (Å²) in [6, 6.07) is 0. The molecule has 2 amide bonds. The molecule has 0 radical (unpaired) electrons. The van der Waals surface area contributed by atoms with Crippen LogP contribution >= 0.6 is 0 Å². The van der Waals surface area contributed by atoms with Gasteiger partial charge in [0.05, 0.1) is 11.3 Å². The van der Waals surface area contributed by atoms with E-state index >= 15 is 0 Å². The number of amides is 2. The predicted octanol–water partition coefficient (Wildman–Crippen LogP) is 3.59. The lowest BCUT2D eigenvalue weighted by atomic mass is 9.49. The van der Waals surface area contributed by atoms with E-state index in [9.17, 15) is 9.59 Å². The third-order valence-electron chi connectivity index (χ3n) is 7.53. The number of allylic oxidation sites excluding steroid dienone is 2. The molecule has 0 spiro atoms. The first-order chi connectivity index (χ1) is 11.7. The number of hydrogen-bond acceptors (Lipinski definition) is 2. The van der Waals surface area contributed by atoms with Gasteiger partial charge in [0.15, 0.2) is 0 Å². The lowest BCUT2D eigenvalue weighted by Gasteiger charge is -2.55. The van der Waals surface area contributed by atoms with Gasteiger partial charge in [0, 0.05) is 0 Å². The van der Waals surface area contributed by atoms with Crippen molar-refractivity contribution in [3.05, 3.63) is 11.6 Å². The summed E-state index contributed by atoms with van der Waals surface area (Å²) in [6.45, 7) is 8.39. The van der Waals surface area contributed by atoms with E-state index in [0.29, 0.717) is 0 Å². The maximum absolute atomic E-state index is 12.9. The molecule has 25 heavy (non-hydrogen) atoms. The van der Waals surface area contributed by atoms with Crippen LogP contribution in [0.4, 0.5) is 0 Å². The van der Waals surface area contributed by atoms with Crippen LogP contribution in [0.5, 0.6) is 0 Å². The number of hydrogen-bond donors (Lipinski definition) is 2. The van der Waals surface area contributed by atoms with Gasteiger partial charge in [0.25, 0.3) is 0 Å². The number of carbonyl (C=O) groups is 2. The molecule has 0 aromatic carbocycles. The van der Waals surface area contributed by atoms with Crippen LogP contribution in [-0.2, 0) is 9.59 Å². The molecule has 2 atom stereocenters. The van der Waals surface area contributed by atoms with Crippen LogP contribution in [0.15, 0.2) is 11.6 Å². The average molecular weight is 344 g/mol. The number of rotatable bonds is 3. The van der Waals surface area contributed by atoms with Gasteiger partial charge in [-0.2, -0.15) is 0 Å². The largest absolute Gasteiger partial charge is 0.273 e. The van der Waals surface area contributed by atoms with E-state index in [1.54, 1.807) is 0 Å². The van der Waals surface area contributed by atoms with Crippen molar-refractivity contribution in [2.45, 2.75) is 66.2 Å². The molecule has 5 aliphatic carbocycles. The third kappa shape index (κ3) is 2.82. The van der Waals surface area contributed by atoms with Gasteiger partial charge in [0.2, 0.25) is 11.8 Å². The minimum atomic E-state index is -0.208. The van der Waals surface area contributed by atoms with E-state index in [1.165, 1.54) is 24.8 Å². The quantitative estimate of drug-likeness (QED) is 0.607. The Kier molecular flexibility index (Phi) is 3.82. The van der Waals surface area contributed by atoms with E-state index < -0.39 is 0 Å². The summed E-state index contributed by atoms with van der Waals surface area (Å²) in [4.78, 5) is 25.5. The van der Waals surface area contributed by atoms with Crippen LogP contribution in [0.3, 0.4) is 0 Å². The van der Waals surface area contributed by atoms with Crippen molar-refractivity contribution in [2.75, 3.05) is 0 Å². The fourth-order valence-corrected chi connectivity index (χ4v) is 6.57. The molecular formula is C21H32N2O2. The Balaban J connectivity index is 1.37. The molecule has 138 valence electrons. The maximum Gasteiger partial charge on any atom is 0.244 e. The smallest absolute Gasteiger partial charge is 0.244 e. The minimum absolute atomic E-state index is 0.0211. The number of hydrazine groups is 1. The first kappa shape index (κ1) is 17.1. The van der Waals surface area contributed by atoms with Gasteiger partial charge in [-0.1, -0.05) is 25.5 Å². The average Bonchev–Trinajstić information content (AvgIpc) is 3.03. The minimum Gasteiger partial charge on any atom is -0.273 e. The van der Waals surface area contributed by atoms with Gasteiger partial charge in [-0.05, 0) is 81.5 Å². The van der Waals surface area contributed by atoms with Gasteiger partial charge in [-0.15, -0.1) is 0 Å². The van der Waals surface area contributed by atoms with Crippen molar-refractivity contribution in [1.29, 1.82) is 0 Å². The monoisotopic (exact) mass is 344 g/mol. The van der Waals surface area contributed by atoms with E-state index in [1.807, 2.05) is 0 Å². The molecule has 0 aromatic heterocycles. The summed E-state index contributed by atoms with van der Waals surface area (Å²) in [5.74, 6) is 2.46. The highest BCUT2D eigenvalue weighted by Gasteiger charge is 2.60. The van der Waals surface area contributed by atoms with Crippen LogP contribution in [0.1, 0.15) is 66.2 Å². The molecule has 0 saturated heterocycles. The van der Waals surface area contributed by atoms with Crippen molar-refractivity contribution in [1.82, 2.24) is 10.9 Å². The highest BCUT2D eigenvalue weighted by Crippen LogP contribution is 2.60. The standard InChI is InChI=1S/C21H32N2O2/c1-12(2)5-16-17(20(16,3)4)18(24)22-23-19(25)21-9-13-6-14(10-21)8-15(7-13)11-21/h5,13-17H,6-11H2,1-4H3,(H,22,24)(H,23,25)/t13?,14?,15?,16-,17+,21?/m0/s1. The molecule has 5 fully saturated rings. The molecular weight excluding hydrogens is 312 g/mol. The molecule has 5 rings (SSSR count). The Labute approximate surface area is 151 Å². The Bertz CT molecular complexity index is 595. The van der Waals surface area contributed by atoms with Crippen LogP contribution in [-0.4, -0.2) is 11.8 Å².